The van der Waals surface area contributed by atoms with Gasteiger partial charge in [-0.1, -0.05) is 11.8 Å². The van der Waals surface area contributed by atoms with Crippen molar-refractivity contribution in [2.75, 3.05) is 6.26 Å². The predicted molar refractivity (Wildman–Crippen MR) is 77.6 cm³/mol. The maximum Gasteiger partial charge on any atom is 0.285 e. The van der Waals surface area contributed by atoms with E-state index in [0.29, 0.717) is 4.91 Å². The molecule has 0 fully saturated rings. The normalized spacial score (nSPS) is 17.7. The summed E-state index contributed by atoms with van der Waals surface area (Å²) in [7, 11) is 0. The van der Waals surface area contributed by atoms with Gasteiger partial charge in [-0.2, -0.15) is 4.99 Å². The summed E-state index contributed by atoms with van der Waals surface area (Å²) < 4.78 is 0.796. The van der Waals surface area contributed by atoms with E-state index in [1.807, 2.05) is 30.7 Å². The number of fused-ring (bicyclic) bond motifs is 1. The van der Waals surface area contributed by atoms with Crippen LogP contribution in [0.1, 0.15) is 5.56 Å². The average molecular weight is 275 g/mol. The highest BCUT2D eigenvalue weighted by Gasteiger charge is 2.21. The molecule has 1 amide bonds. The van der Waals surface area contributed by atoms with E-state index in [1.165, 1.54) is 23.5 Å². The van der Waals surface area contributed by atoms with Gasteiger partial charge in [0.15, 0.2) is 0 Å². The third kappa shape index (κ3) is 1.97. The Balaban J connectivity index is 2.00. The van der Waals surface area contributed by atoms with Crippen LogP contribution in [-0.4, -0.2) is 26.5 Å². The lowest BCUT2D eigenvalue weighted by atomic mass is 10.2. The minimum atomic E-state index is -0.164. The molecule has 0 radical (unpaired) electrons. The Morgan fingerprint density at radius 1 is 1.50 bits per heavy atom. The van der Waals surface area contributed by atoms with Gasteiger partial charge in [0.1, 0.15) is 10.0 Å². The molecule has 0 saturated carbocycles. The fourth-order valence-electron chi connectivity index (χ4n) is 1.71. The number of amides is 1. The van der Waals surface area contributed by atoms with E-state index in [-0.39, 0.29) is 5.91 Å². The van der Waals surface area contributed by atoms with Crippen LogP contribution < -0.4 is 0 Å². The molecule has 0 spiro atoms. The van der Waals surface area contributed by atoms with Gasteiger partial charge in [0.2, 0.25) is 0 Å². The fraction of sp³-hybridized carbons (Fsp3) is 0.0833. The van der Waals surface area contributed by atoms with Crippen molar-refractivity contribution >= 4 is 50.9 Å². The minimum Gasteiger partial charge on any atom is -0.346 e. The Morgan fingerprint density at radius 3 is 3.17 bits per heavy atom. The maximum atomic E-state index is 11.7. The van der Waals surface area contributed by atoms with E-state index < -0.39 is 0 Å². The summed E-state index contributed by atoms with van der Waals surface area (Å²) in [4.78, 5) is 23.6. The molecular formula is C12H9N3OS2. The molecule has 0 saturated heterocycles. The number of aliphatic imine (C=N–C) groups is 1. The zero-order chi connectivity index (χ0) is 12.5. The number of nitrogens with zero attached hydrogens (tertiary/aromatic N) is 2. The molecule has 0 aliphatic carbocycles. The third-order valence-electron chi connectivity index (χ3n) is 2.55. The molecule has 3 rings (SSSR count). The van der Waals surface area contributed by atoms with Crippen molar-refractivity contribution in [3.05, 3.63) is 35.0 Å². The molecule has 0 unspecified atom stereocenters. The van der Waals surface area contributed by atoms with Crippen molar-refractivity contribution in [2.24, 2.45) is 4.99 Å². The topological polar surface area (TPSA) is 58.1 Å². The standard InChI is InChI=1S/C12H9N3OS2/c1-17-12-15-11(16)9(18-12)5-7-6-14-10-8(7)3-2-4-13-10/h2-6H,1H3,(H,13,14). The Kier molecular flexibility index (Phi) is 2.97. The highest BCUT2D eigenvalue weighted by Crippen LogP contribution is 2.33. The summed E-state index contributed by atoms with van der Waals surface area (Å²) in [5.41, 5.74) is 1.79. The van der Waals surface area contributed by atoms with E-state index in [9.17, 15) is 4.79 Å². The van der Waals surface area contributed by atoms with Gasteiger partial charge in [-0.15, -0.1) is 11.8 Å². The Bertz CT molecular complexity index is 687. The zero-order valence-corrected chi connectivity index (χ0v) is 11.1. The molecule has 6 heteroatoms. The third-order valence-corrected chi connectivity index (χ3v) is 4.51. The summed E-state index contributed by atoms with van der Waals surface area (Å²) in [6, 6.07) is 3.86. The van der Waals surface area contributed by atoms with Gasteiger partial charge in [-0.05, 0) is 24.5 Å². The number of aromatic amines is 1. The lowest BCUT2D eigenvalue weighted by Gasteiger charge is -1.94. The Labute approximate surface area is 112 Å². The van der Waals surface area contributed by atoms with Crippen LogP contribution >= 0.6 is 23.5 Å². The first-order chi connectivity index (χ1) is 8.78. The fourth-order valence-corrected chi connectivity index (χ4v) is 3.13. The molecule has 0 atom stereocenters. The predicted octanol–water partition coefficient (Wildman–Crippen LogP) is 2.90. The molecule has 1 N–H and O–H groups in total. The number of nitrogens with one attached hydrogen (secondary N) is 1. The molecule has 3 heterocycles. The molecule has 90 valence electrons. The molecule has 4 nitrogen and oxygen atoms in total. The number of hydrogen-bond acceptors (Lipinski definition) is 4. The number of hydrogen-bond donors (Lipinski definition) is 1. The summed E-state index contributed by atoms with van der Waals surface area (Å²) in [5, 5.41) is 1.01. The summed E-state index contributed by atoms with van der Waals surface area (Å²) in [6.45, 7) is 0. The van der Waals surface area contributed by atoms with Crippen molar-refractivity contribution < 1.29 is 4.79 Å². The van der Waals surface area contributed by atoms with Crippen molar-refractivity contribution in [2.45, 2.75) is 0 Å². The zero-order valence-electron chi connectivity index (χ0n) is 9.51. The molecule has 2 aromatic heterocycles. The summed E-state index contributed by atoms with van der Waals surface area (Å²) >= 11 is 2.90. The van der Waals surface area contributed by atoms with Crippen LogP contribution in [0.4, 0.5) is 0 Å². The molecular weight excluding hydrogens is 266 g/mol. The van der Waals surface area contributed by atoms with Gasteiger partial charge in [0.25, 0.3) is 5.91 Å². The van der Waals surface area contributed by atoms with Crippen molar-refractivity contribution in [3.63, 3.8) is 0 Å². The van der Waals surface area contributed by atoms with Gasteiger partial charge in [-0.3, -0.25) is 4.79 Å². The first kappa shape index (κ1) is 11.6. The maximum absolute atomic E-state index is 11.7. The van der Waals surface area contributed by atoms with Crippen LogP contribution in [0.2, 0.25) is 0 Å². The number of H-pyrrole nitrogens is 1. The van der Waals surface area contributed by atoms with Crippen LogP contribution in [0.25, 0.3) is 17.1 Å². The molecule has 0 aromatic carbocycles. The van der Waals surface area contributed by atoms with Crippen LogP contribution in [0, 0.1) is 0 Å². The SMILES string of the molecule is CSC1=NC(=O)C(=Cc2c[nH]c3ncccc23)S1. The van der Waals surface area contributed by atoms with Crippen LogP contribution in [-0.2, 0) is 4.79 Å². The highest BCUT2D eigenvalue weighted by atomic mass is 32.2. The number of carbonyl (C=O) groups excluding carboxylic acids is 1. The van der Waals surface area contributed by atoms with Gasteiger partial charge < -0.3 is 4.98 Å². The second-order valence-corrected chi connectivity index (χ2v) is 5.73. The molecule has 1 aliphatic heterocycles. The van der Waals surface area contributed by atoms with Crippen LogP contribution in [0.5, 0.6) is 0 Å². The van der Waals surface area contributed by atoms with E-state index in [0.717, 1.165) is 21.0 Å². The number of rotatable bonds is 1. The number of thioether (sulfide) groups is 2. The van der Waals surface area contributed by atoms with Gasteiger partial charge in [-0.25, -0.2) is 4.98 Å². The largest absolute Gasteiger partial charge is 0.346 e. The first-order valence-corrected chi connectivity index (χ1v) is 7.31. The number of carbonyl (C=O) groups is 1. The second kappa shape index (κ2) is 4.62. The molecule has 2 aromatic rings. The van der Waals surface area contributed by atoms with Crippen molar-refractivity contribution in [1.29, 1.82) is 0 Å². The number of aromatic nitrogens is 2. The van der Waals surface area contributed by atoms with Gasteiger partial charge in [0.05, 0.1) is 4.91 Å². The smallest absolute Gasteiger partial charge is 0.285 e. The molecule has 0 bridgehead atoms. The minimum absolute atomic E-state index is 0.164. The highest BCUT2D eigenvalue weighted by molar-refractivity contribution is 8.40. The Hall–Kier alpha value is -1.53. The lowest BCUT2D eigenvalue weighted by Crippen LogP contribution is -1.87. The molecule has 18 heavy (non-hydrogen) atoms. The van der Waals surface area contributed by atoms with Crippen molar-refractivity contribution in [1.82, 2.24) is 9.97 Å². The van der Waals surface area contributed by atoms with Gasteiger partial charge in [0, 0.05) is 23.3 Å². The monoisotopic (exact) mass is 275 g/mol. The quantitative estimate of drug-likeness (QED) is 0.813. The number of pyridine rings is 1. The van der Waals surface area contributed by atoms with E-state index >= 15 is 0 Å². The average Bonchev–Trinajstić information content (AvgIpc) is 2.95. The first-order valence-electron chi connectivity index (χ1n) is 5.26. The summed E-state index contributed by atoms with van der Waals surface area (Å²) in [6.07, 6.45) is 7.37. The van der Waals surface area contributed by atoms with Gasteiger partial charge >= 0.3 is 0 Å². The Morgan fingerprint density at radius 2 is 2.39 bits per heavy atom. The van der Waals surface area contributed by atoms with Crippen molar-refractivity contribution in [3.8, 4) is 0 Å². The lowest BCUT2D eigenvalue weighted by molar-refractivity contribution is -0.113. The van der Waals surface area contributed by atoms with Crippen LogP contribution in [0.15, 0.2) is 34.4 Å². The second-order valence-electron chi connectivity index (χ2n) is 3.64. The van der Waals surface area contributed by atoms with E-state index in [2.05, 4.69) is 15.0 Å². The summed E-state index contributed by atoms with van der Waals surface area (Å²) in [5.74, 6) is -0.164. The van der Waals surface area contributed by atoms with E-state index in [4.69, 9.17) is 0 Å². The van der Waals surface area contributed by atoms with E-state index in [1.54, 1.807) is 6.20 Å². The van der Waals surface area contributed by atoms with Crippen LogP contribution in [0.3, 0.4) is 0 Å². The molecule has 1 aliphatic rings.